The van der Waals surface area contributed by atoms with Crippen molar-refractivity contribution < 1.29 is 4.52 Å². The van der Waals surface area contributed by atoms with Crippen molar-refractivity contribution in [3.8, 4) is 0 Å². The van der Waals surface area contributed by atoms with E-state index in [4.69, 9.17) is 4.52 Å². The van der Waals surface area contributed by atoms with E-state index in [1.54, 1.807) is 13.2 Å². The van der Waals surface area contributed by atoms with Crippen LogP contribution in [0.5, 0.6) is 0 Å². The molecule has 0 bridgehead atoms. The standard InChI is InChI=1S/C11H14BrN5O/c1-6-8(7(2)18-17-6)4-14-10-9(12)5-15-11(13-3)16-10/h5H,4H2,1-3H3,(H2,13,14,15,16). The third kappa shape index (κ3) is 2.61. The highest BCUT2D eigenvalue weighted by atomic mass is 79.9. The van der Waals surface area contributed by atoms with Gasteiger partial charge in [-0.15, -0.1) is 0 Å². The Morgan fingerprint density at radius 2 is 2.17 bits per heavy atom. The highest BCUT2D eigenvalue weighted by molar-refractivity contribution is 9.10. The second-order valence-corrected chi connectivity index (χ2v) is 4.65. The fraction of sp³-hybridized carbons (Fsp3) is 0.364. The molecular weight excluding hydrogens is 298 g/mol. The Labute approximate surface area is 113 Å². The molecule has 0 saturated heterocycles. The molecule has 2 heterocycles. The number of rotatable bonds is 4. The Hall–Kier alpha value is -1.63. The fourth-order valence-electron chi connectivity index (χ4n) is 1.54. The highest BCUT2D eigenvalue weighted by Crippen LogP contribution is 2.21. The first kappa shape index (κ1) is 12.8. The van der Waals surface area contributed by atoms with Gasteiger partial charge in [0.2, 0.25) is 5.95 Å². The topological polar surface area (TPSA) is 75.9 Å². The quantitative estimate of drug-likeness (QED) is 0.903. The lowest BCUT2D eigenvalue weighted by molar-refractivity contribution is 0.392. The first-order chi connectivity index (χ1) is 8.61. The molecule has 2 N–H and O–H groups in total. The Balaban J connectivity index is 2.15. The molecule has 7 heteroatoms. The van der Waals surface area contributed by atoms with Gasteiger partial charge in [0.05, 0.1) is 10.2 Å². The van der Waals surface area contributed by atoms with Crippen LogP contribution in [-0.4, -0.2) is 22.2 Å². The minimum atomic E-state index is 0.569. The van der Waals surface area contributed by atoms with Crippen LogP contribution in [0.2, 0.25) is 0 Å². The molecule has 0 amide bonds. The molecule has 0 aliphatic heterocycles. The van der Waals surface area contributed by atoms with E-state index in [1.165, 1.54) is 0 Å². The lowest BCUT2D eigenvalue weighted by Gasteiger charge is -2.08. The zero-order valence-electron chi connectivity index (χ0n) is 10.4. The molecule has 0 radical (unpaired) electrons. The number of nitrogens with one attached hydrogen (secondary N) is 2. The van der Waals surface area contributed by atoms with E-state index in [2.05, 4.69) is 41.7 Å². The molecule has 0 saturated carbocycles. The van der Waals surface area contributed by atoms with E-state index >= 15 is 0 Å². The van der Waals surface area contributed by atoms with Crippen LogP contribution in [0.25, 0.3) is 0 Å². The van der Waals surface area contributed by atoms with Gasteiger partial charge in [-0.2, -0.15) is 4.98 Å². The van der Waals surface area contributed by atoms with Gasteiger partial charge in [-0.3, -0.25) is 0 Å². The van der Waals surface area contributed by atoms with Crippen LogP contribution in [0.15, 0.2) is 15.2 Å². The largest absolute Gasteiger partial charge is 0.365 e. The maximum Gasteiger partial charge on any atom is 0.224 e. The summed E-state index contributed by atoms with van der Waals surface area (Å²) in [6.45, 7) is 4.42. The van der Waals surface area contributed by atoms with Crippen LogP contribution in [0.3, 0.4) is 0 Å². The summed E-state index contributed by atoms with van der Waals surface area (Å²) in [6.07, 6.45) is 1.70. The van der Waals surface area contributed by atoms with Gasteiger partial charge in [0.15, 0.2) is 0 Å². The summed E-state index contributed by atoms with van der Waals surface area (Å²) in [6, 6.07) is 0. The van der Waals surface area contributed by atoms with Crippen molar-refractivity contribution in [2.75, 3.05) is 17.7 Å². The number of halogens is 1. The van der Waals surface area contributed by atoms with Crippen molar-refractivity contribution in [1.29, 1.82) is 0 Å². The Morgan fingerprint density at radius 3 is 2.78 bits per heavy atom. The van der Waals surface area contributed by atoms with Crippen molar-refractivity contribution >= 4 is 27.7 Å². The average Bonchev–Trinajstić information content (AvgIpc) is 2.68. The molecular formula is C11H14BrN5O. The molecule has 6 nitrogen and oxygen atoms in total. The smallest absolute Gasteiger partial charge is 0.224 e. The molecule has 18 heavy (non-hydrogen) atoms. The van der Waals surface area contributed by atoms with E-state index < -0.39 is 0 Å². The molecule has 96 valence electrons. The number of aryl methyl sites for hydroxylation is 2. The Morgan fingerprint density at radius 1 is 1.39 bits per heavy atom. The zero-order chi connectivity index (χ0) is 13.1. The molecule has 0 spiro atoms. The van der Waals surface area contributed by atoms with Gasteiger partial charge in [0, 0.05) is 25.4 Å². The summed E-state index contributed by atoms with van der Waals surface area (Å²) in [5.74, 6) is 2.12. The summed E-state index contributed by atoms with van der Waals surface area (Å²) < 4.78 is 5.93. The third-order valence-corrected chi connectivity index (χ3v) is 3.16. The van der Waals surface area contributed by atoms with Crippen LogP contribution in [0.4, 0.5) is 11.8 Å². The summed E-state index contributed by atoms with van der Waals surface area (Å²) in [5.41, 5.74) is 1.94. The number of nitrogens with zero attached hydrogens (tertiary/aromatic N) is 3. The Bertz CT molecular complexity index is 535. The lowest BCUT2D eigenvalue weighted by Crippen LogP contribution is -2.06. The average molecular weight is 312 g/mol. The number of hydrogen-bond acceptors (Lipinski definition) is 6. The predicted molar refractivity (Wildman–Crippen MR) is 72.6 cm³/mol. The summed E-state index contributed by atoms with van der Waals surface area (Å²) in [4.78, 5) is 8.42. The van der Waals surface area contributed by atoms with Crippen molar-refractivity contribution in [3.05, 3.63) is 27.7 Å². The monoisotopic (exact) mass is 311 g/mol. The summed E-state index contributed by atoms with van der Waals surface area (Å²) in [7, 11) is 1.78. The second-order valence-electron chi connectivity index (χ2n) is 3.80. The van der Waals surface area contributed by atoms with Crippen molar-refractivity contribution in [1.82, 2.24) is 15.1 Å². The molecule has 0 aliphatic rings. The van der Waals surface area contributed by atoms with Crippen LogP contribution >= 0.6 is 15.9 Å². The van der Waals surface area contributed by atoms with E-state index in [1.807, 2.05) is 13.8 Å². The molecule has 2 aromatic heterocycles. The summed E-state index contributed by atoms with van der Waals surface area (Å²) >= 11 is 3.41. The lowest BCUT2D eigenvalue weighted by atomic mass is 10.2. The first-order valence-corrected chi connectivity index (χ1v) is 6.27. The molecule has 0 aromatic carbocycles. The number of aromatic nitrogens is 3. The Kier molecular flexibility index (Phi) is 3.81. The second kappa shape index (κ2) is 5.34. The van der Waals surface area contributed by atoms with E-state index in [0.29, 0.717) is 12.5 Å². The van der Waals surface area contributed by atoms with Gasteiger partial charge in [-0.25, -0.2) is 4.98 Å². The minimum absolute atomic E-state index is 0.569. The van der Waals surface area contributed by atoms with E-state index in [0.717, 1.165) is 27.3 Å². The van der Waals surface area contributed by atoms with E-state index in [-0.39, 0.29) is 0 Å². The van der Waals surface area contributed by atoms with Crippen LogP contribution < -0.4 is 10.6 Å². The van der Waals surface area contributed by atoms with E-state index in [9.17, 15) is 0 Å². The maximum absolute atomic E-state index is 5.11. The summed E-state index contributed by atoms with van der Waals surface area (Å²) in [5, 5.41) is 10.0. The molecule has 0 atom stereocenters. The van der Waals surface area contributed by atoms with Gasteiger partial charge < -0.3 is 15.2 Å². The molecule has 0 aliphatic carbocycles. The van der Waals surface area contributed by atoms with Gasteiger partial charge in [0.1, 0.15) is 11.6 Å². The van der Waals surface area contributed by atoms with Crippen LogP contribution in [0.1, 0.15) is 17.0 Å². The van der Waals surface area contributed by atoms with Crippen molar-refractivity contribution in [3.63, 3.8) is 0 Å². The minimum Gasteiger partial charge on any atom is -0.365 e. The van der Waals surface area contributed by atoms with Crippen molar-refractivity contribution in [2.24, 2.45) is 0 Å². The highest BCUT2D eigenvalue weighted by Gasteiger charge is 2.10. The molecule has 2 rings (SSSR count). The molecule has 0 unspecified atom stereocenters. The molecule has 2 aromatic rings. The van der Waals surface area contributed by atoms with Crippen molar-refractivity contribution in [2.45, 2.75) is 20.4 Å². The maximum atomic E-state index is 5.11. The number of hydrogen-bond donors (Lipinski definition) is 2. The zero-order valence-corrected chi connectivity index (χ0v) is 12.0. The van der Waals surface area contributed by atoms with Crippen LogP contribution in [0, 0.1) is 13.8 Å². The predicted octanol–water partition coefficient (Wildman–Crippen LogP) is 2.50. The first-order valence-electron chi connectivity index (χ1n) is 5.47. The van der Waals surface area contributed by atoms with Gasteiger partial charge in [0.25, 0.3) is 0 Å². The van der Waals surface area contributed by atoms with Gasteiger partial charge >= 0.3 is 0 Å². The normalized spacial score (nSPS) is 10.4. The molecule has 0 fully saturated rings. The third-order valence-electron chi connectivity index (χ3n) is 2.58. The fourth-order valence-corrected chi connectivity index (χ4v) is 1.87. The van der Waals surface area contributed by atoms with Gasteiger partial charge in [-0.05, 0) is 29.8 Å². The van der Waals surface area contributed by atoms with Gasteiger partial charge in [-0.1, -0.05) is 5.16 Å². The van der Waals surface area contributed by atoms with Crippen LogP contribution in [-0.2, 0) is 6.54 Å². The number of anilines is 2. The SMILES string of the molecule is CNc1ncc(Br)c(NCc2c(C)noc2C)n1.